The molecular formula is C27H35FO. The highest BCUT2D eigenvalue weighted by Gasteiger charge is 2.21. The van der Waals surface area contributed by atoms with E-state index >= 15 is 0 Å². The van der Waals surface area contributed by atoms with Gasteiger partial charge in [0.15, 0.2) is 0 Å². The molecule has 0 bridgehead atoms. The van der Waals surface area contributed by atoms with Gasteiger partial charge in [0.05, 0.1) is 12.9 Å². The van der Waals surface area contributed by atoms with E-state index in [1.165, 1.54) is 61.6 Å². The fourth-order valence-corrected chi connectivity index (χ4v) is 4.39. The maximum absolute atomic E-state index is 12.2. The van der Waals surface area contributed by atoms with Gasteiger partial charge in [0.1, 0.15) is 5.75 Å². The first-order valence-corrected chi connectivity index (χ1v) is 11.4. The molecule has 0 aromatic heterocycles. The van der Waals surface area contributed by atoms with Gasteiger partial charge < -0.3 is 4.74 Å². The lowest BCUT2D eigenvalue weighted by Crippen LogP contribution is -2.12. The Labute approximate surface area is 176 Å². The Morgan fingerprint density at radius 3 is 2.14 bits per heavy atom. The molecule has 0 N–H and O–H groups in total. The Hall–Kier alpha value is -2.09. The molecule has 0 heterocycles. The summed E-state index contributed by atoms with van der Waals surface area (Å²) in [4.78, 5) is 0. The van der Waals surface area contributed by atoms with Crippen LogP contribution < -0.4 is 4.74 Å². The molecule has 0 unspecified atom stereocenters. The summed E-state index contributed by atoms with van der Waals surface area (Å²) in [5.41, 5.74) is 3.93. The number of benzene rings is 2. The highest BCUT2D eigenvalue weighted by atomic mass is 19.1. The summed E-state index contributed by atoms with van der Waals surface area (Å²) in [7, 11) is 0. The van der Waals surface area contributed by atoms with Crippen molar-refractivity contribution in [3.63, 3.8) is 0 Å². The predicted molar refractivity (Wildman–Crippen MR) is 121 cm³/mol. The number of ether oxygens (including phenoxy) is 1. The van der Waals surface area contributed by atoms with E-state index in [-0.39, 0.29) is 0 Å². The summed E-state index contributed by atoms with van der Waals surface area (Å²) in [6.07, 6.45) is 13.0. The zero-order chi connectivity index (χ0) is 20.3. The first kappa shape index (κ1) is 21.6. The Balaban J connectivity index is 1.50. The van der Waals surface area contributed by atoms with E-state index in [9.17, 15) is 4.39 Å². The highest BCUT2D eigenvalue weighted by molar-refractivity contribution is 5.64. The largest absolute Gasteiger partial charge is 0.494 e. The first-order valence-electron chi connectivity index (χ1n) is 11.4. The second-order valence-corrected chi connectivity index (χ2v) is 8.37. The molecule has 1 aliphatic carbocycles. The van der Waals surface area contributed by atoms with Crippen LogP contribution >= 0.6 is 0 Å². The quantitative estimate of drug-likeness (QED) is 0.367. The molecule has 29 heavy (non-hydrogen) atoms. The standard InChI is InChI=1S/C27H35FO/c1-2-3-4-5-21-29-27-18-16-26(17-19-27)25-14-12-24(13-15-25)23-10-8-22(9-11-23)7-6-20-28/h6,12-20,22-23H,2-5,7-11,21H2,1H3. The van der Waals surface area contributed by atoms with Crippen LogP contribution in [0.2, 0.25) is 0 Å². The maximum atomic E-state index is 12.2. The van der Waals surface area contributed by atoms with Gasteiger partial charge in [-0.25, -0.2) is 4.39 Å². The topological polar surface area (TPSA) is 9.23 Å². The second kappa shape index (κ2) is 11.8. The Morgan fingerprint density at radius 1 is 0.862 bits per heavy atom. The second-order valence-electron chi connectivity index (χ2n) is 8.37. The molecule has 2 aromatic rings. The third-order valence-corrected chi connectivity index (χ3v) is 6.24. The third kappa shape index (κ3) is 6.73. The molecule has 0 aliphatic heterocycles. The van der Waals surface area contributed by atoms with Crippen molar-refractivity contribution < 1.29 is 9.13 Å². The first-order chi connectivity index (χ1) is 14.3. The molecule has 1 saturated carbocycles. The molecule has 2 heteroatoms. The Kier molecular flexibility index (Phi) is 8.80. The number of hydrogen-bond donors (Lipinski definition) is 0. The lowest BCUT2D eigenvalue weighted by atomic mass is 9.77. The molecule has 1 aliphatic rings. The Morgan fingerprint density at radius 2 is 1.52 bits per heavy atom. The zero-order valence-corrected chi connectivity index (χ0v) is 17.8. The number of halogens is 1. The monoisotopic (exact) mass is 394 g/mol. The van der Waals surface area contributed by atoms with Crippen molar-refractivity contribution in [1.29, 1.82) is 0 Å². The van der Waals surface area contributed by atoms with Gasteiger partial charge in [-0.05, 0) is 79.2 Å². The van der Waals surface area contributed by atoms with Gasteiger partial charge in [-0.15, -0.1) is 0 Å². The van der Waals surface area contributed by atoms with Crippen molar-refractivity contribution in [2.75, 3.05) is 6.61 Å². The molecule has 0 spiro atoms. The van der Waals surface area contributed by atoms with Crippen LogP contribution in [0.1, 0.15) is 76.2 Å². The normalized spacial score (nSPS) is 19.5. The minimum Gasteiger partial charge on any atom is -0.494 e. The summed E-state index contributed by atoms with van der Waals surface area (Å²) in [5.74, 6) is 2.27. The lowest BCUT2D eigenvalue weighted by Gasteiger charge is -2.28. The van der Waals surface area contributed by atoms with Crippen LogP contribution in [0.3, 0.4) is 0 Å². The molecule has 156 valence electrons. The van der Waals surface area contributed by atoms with Crippen molar-refractivity contribution in [2.24, 2.45) is 5.92 Å². The van der Waals surface area contributed by atoms with E-state index < -0.39 is 0 Å². The van der Waals surface area contributed by atoms with Crippen molar-refractivity contribution in [3.05, 3.63) is 66.5 Å². The van der Waals surface area contributed by atoms with Crippen molar-refractivity contribution in [1.82, 2.24) is 0 Å². The fraction of sp³-hybridized carbons (Fsp3) is 0.481. The molecule has 3 rings (SSSR count). The van der Waals surface area contributed by atoms with Crippen LogP contribution in [0.25, 0.3) is 11.1 Å². The highest BCUT2D eigenvalue weighted by Crippen LogP contribution is 2.37. The van der Waals surface area contributed by atoms with Gasteiger partial charge in [0, 0.05) is 0 Å². The van der Waals surface area contributed by atoms with E-state index in [0.29, 0.717) is 18.2 Å². The minimum atomic E-state index is 0.651. The van der Waals surface area contributed by atoms with Gasteiger partial charge in [-0.3, -0.25) is 0 Å². The number of allylic oxidation sites excluding steroid dienone is 1. The molecule has 0 saturated heterocycles. The summed E-state index contributed by atoms with van der Waals surface area (Å²) < 4.78 is 18.0. The average Bonchev–Trinajstić information content (AvgIpc) is 2.78. The summed E-state index contributed by atoms with van der Waals surface area (Å²) >= 11 is 0. The van der Waals surface area contributed by atoms with Gasteiger partial charge >= 0.3 is 0 Å². The number of unbranched alkanes of at least 4 members (excludes halogenated alkanes) is 3. The Bertz CT molecular complexity index is 724. The van der Waals surface area contributed by atoms with E-state index in [1.54, 1.807) is 6.08 Å². The van der Waals surface area contributed by atoms with Gasteiger partial charge in [-0.1, -0.05) is 68.7 Å². The van der Waals surface area contributed by atoms with Crippen LogP contribution in [0.5, 0.6) is 5.75 Å². The average molecular weight is 395 g/mol. The van der Waals surface area contributed by atoms with Gasteiger partial charge in [-0.2, -0.15) is 0 Å². The third-order valence-electron chi connectivity index (χ3n) is 6.24. The molecule has 1 nitrogen and oxygen atoms in total. The fourth-order valence-electron chi connectivity index (χ4n) is 4.39. The predicted octanol–water partition coefficient (Wildman–Crippen LogP) is 8.46. The summed E-state index contributed by atoms with van der Waals surface area (Å²) in [5, 5.41) is 0. The molecule has 0 atom stereocenters. The number of rotatable bonds is 10. The lowest BCUT2D eigenvalue weighted by molar-refractivity contribution is 0.305. The van der Waals surface area contributed by atoms with E-state index in [2.05, 4.69) is 55.5 Å². The van der Waals surface area contributed by atoms with E-state index in [4.69, 9.17) is 4.74 Å². The summed E-state index contributed by atoms with van der Waals surface area (Å²) in [6, 6.07) is 17.5. The SMILES string of the molecule is CCCCCCOc1ccc(-c2ccc(C3CCC(CC=CF)CC3)cc2)cc1. The van der Waals surface area contributed by atoms with Crippen LogP contribution in [-0.4, -0.2) is 6.61 Å². The molecule has 0 radical (unpaired) electrons. The van der Waals surface area contributed by atoms with Crippen molar-refractivity contribution in [3.8, 4) is 16.9 Å². The van der Waals surface area contributed by atoms with Crippen LogP contribution in [0.4, 0.5) is 4.39 Å². The zero-order valence-electron chi connectivity index (χ0n) is 17.8. The summed E-state index contributed by atoms with van der Waals surface area (Å²) in [6.45, 7) is 3.03. The minimum absolute atomic E-state index is 0.651. The smallest absolute Gasteiger partial charge is 0.119 e. The maximum Gasteiger partial charge on any atom is 0.119 e. The van der Waals surface area contributed by atoms with E-state index in [1.807, 2.05) is 0 Å². The van der Waals surface area contributed by atoms with E-state index in [0.717, 1.165) is 25.2 Å². The van der Waals surface area contributed by atoms with Crippen LogP contribution in [0.15, 0.2) is 60.9 Å². The van der Waals surface area contributed by atoms with Crippen LogP contribution in [0, 0.1) is 5.92 Å². The molecule has 1 fully saturated rings. The number of hydrogen-bond acceptors (Lipinski definition) is 1. The van der Waals surface area contributed by atoms with Gasteiger partial charge in [0.25, 0.3) is 0 Å². The van der Waals surface area contributed by atoms with Crippen LogP contribution in [-0.2, 0) is 0 Å². The molecule has 0 amide bonds. The molecule has 2 aromatic carbocycles. The van der Waals surface area contributed by atoms with Crippen molar-refractivity contribution in [2.45, 2.75) is 70.6 Å². The molecular weight excluding hydrogens is 359 g/mol. The van der Waals surface area contributed by atoms with Crippen molar-refractivity contribution >= 4 is 0 Å². The van der Waals surface area contributed by atoms with Gasteiger partial charge in [0.2, 0.25) is 0 Å².